The van der Waals surface area contributed by atoms with Gasteiger partial charge >= 0.3 is 0 Å². The molecule has 2 fully saturated rings. The van der Waals surface area contributed by atoms with Gasteiger partial charge in [0, 0.05) is 19.5 Å². The molecule has 2 unspecified atom stereocenters. The van der Waals surface area contributed by atoms with Crippen LogP contribution in [0.4, 0.5) is 4.39 Å². The molecule has 0 heterocycles. The van der Waals surface area contributed by atoms with Gasteiger partial charge in [-0.1, -0.05) is 33.4 Å². The molecule has 2 aliphatic carbocycles. The van der Waals surface area contributed by atoms with Crippen LogP contribution < -0.4 is 5.32 Å². The number of allylic oxidation sites excluding steroid dienone is 3. The van der Waals surface area contributed by atoms with Crippen LogP contribution in [-0.4, -0.2) is 25.3 Å². The number of aldehydes is 1. The van der Waals surface area contributed by atoms with Gasteiger partial charge in [-0.3, -0.25) is 9.59 Å². The monoisotopic (exact) mass is 379 g/mol. The summed E-state index contributed by atoms with van der Waals surface area (Å²) in [6, 6.07) is 0. The van der Waals surface area contributed by atoms with Crippen LogP contribution in [0.3, 0.4) is 0 Å². The van der Waals surface area contributed by atoms with E-state index in [9.17, 15) is 14.0 Å². The van der Waals surface area contributed by atoms with E-state index in [1.165, 1.54) is 32.4 Å². The molecule has 152 valence electrons. The van der Waals surface area contributed by atoms with E-state index >= 15 is 0 Å². The maximum absolute atomic E-state index is 14.5. The van der Waals surface area contributed by atoms with Gasteiger partial charge in [-0.05, 0) is 55.4 Å². The summed E-state index contributed by atoms with van der Waals surface area (Å²) in [5.41, 5.74) is 0.936. The molecule has 0 aromatic carbocycles. The van der Waals surface area contributed by atoms with E-state index in [1.54, 1.807) is 0 Å². The highest BCUT2D eigenvalue weighted by molar-refractivity contribution is 5.76. The van der Waals surface area contributed by atoms with Crippen LogP contribution in [0.25, 0.3) is 0 Å². The van der Waals surface area contributed by atoms with Crippen molar-refractivity contribution in [2.45, 2.75) is 71.3 Å². The predicted octanol–water partition coefficient (Wildman–Crippen LogP) is 5.02. The predicted molar refractivity (Wildman–Crippen MR) is 107 cm³/mol. The lowest BCUT2D eigenvalue weighted by molar-refractivity contribution is -0.122. The molecule has 0 aliphatic heterocycles. The molecule has 2 rings (SSSR count). The Hall–Kier alpha value is -1.91. The van der Waals surface area contributed by atoms with Crippen molar-refractivity contribution in [3.05, 3.63) is 36.4 Å². The van der Waals surface area contributed by atoms with Gasteiger partial charge in [-0.25, -0.2) is 4.39 Å². The average molecular weight is 380 g/mol. The molecule has 27 heavy (non-hydrogen) atoms. The van der Waals surface area contributed by atoms with E-state index in [0.29, 0.717) is 17.3 Å². The first kappa shape index (κ1) is 23.1. The van der Waals surface area contributed by atoms with E-state index in [4.69, 9.17) is 4.74 Å². The minimum absolute atomic E-state index is 0.0732. The van der Waals surface area contributed by atoms with Gasteiger partial charge in [-0.15, -0.1) is 0 Å². The van der Waals surface area contributed by atoms with Crippen molar-refractivity contribution in [2.75, 3.05) is 7.05 Å². The third-order valence-corrected chi connectivity index (χ3v) is 5.59. The van der Waals surface area contributed by atoms with Crippen molar-refractivity contribution in [1.82, 2.24) is 5.32 Å². The van der Waals surface area contributed by atoms with Crippen molar-refractivity contribution in [3.8, 4) is 0 Å². The molecule has 5 heteroatoms. The SMILES string of the molecule is C=C(/C=C(/F)C(=C)C1CCC2(CCC2)C1)OC(C=O)CCC(=O)NC.CC. The van der Waals surface area contributed by atoms with E-state index in [-0.39, 0.29) is 30.4 Å². The quantitative estimate of drug-likeness (QED) is 0.348. The van der Waals surface area contributed by atoms with Gasteiger partial charge in [0.1, 0.15) is 11.6 Å². The molecular weight excluding hydrogens is 345 g/mol. The lowest BCUT2D eigenvalue weighted by atomic mass is 9.67. The van der Waals surface area contributed by atoms with E-state index in [0.717, 1.165) is 19.3 Å². The molecule has 1 N–H and O–H groups in total. The summed E-state index contributed by atoms with van der Waals surface area (Å²) < 4.78 is 19.8. The zero-order chi connectivity index (χ0) is 20.4. The highest BCUT2D eigenvalue weighted by Crippen LogP contribution is 2.56. The third kappa shape index (κ3) is 6.64. The van der Waals surface area contributed by atoms with Gasteiger partial charge < -0.3 is 10.1 Å². The van der Waals surface area contributed by atoms with Gasteiger partial charge in [0.2, 0.25) is 5.91 Å². The first-order valence-electron chi connectivity index (χ1n) is 9.97. The van der Waals surface area contributed by atoms with Crippen LogP contribution in [0, 0.1) is 11.3 Å². The molecule has 2 atom stereocenters. The second-order valence-electron chi connectivity index (χ2n) is 7.28. The van der Waals surface area contributed by atoms with Crippen LogP contribution >= 0.6 is 0 Å². The van der Waals surface area contributed by atoms with Crippen molar-refractivity contribution in [1.29, 1.82) is 0 Å². The molecule has 1 amide bonds. The Balaban J connectivity index is 0.00000176. The number of amides is 1. The Morgan fingerprint density at radius 2 is 2.00 bits per heavy atom. The van der Waals surface area contributed by atoms with E-state index in [2.05, 4.69) is 18.5 Å². The smallest absolute Gasteiger partial charge is 0.219 e. The maximum Gasteiger partial charge on any atom is 0.219 e. The van der Waals surface area contributed by atoms with Crippen LogP contribution in [0.15, 0.2) is 36.4 Å². The summed E-state index contributed by atoms with van der Waals surface area (Å²) in [4.78, 5) is 22.3. The van der Waals surface area contributed by atoms with Crippen LogP contribution in [0.2, 0.25) is 0 Å². The Morgan fingerprint density at radius 3 is 2.48 bits per heavy atom. The largest absolute Gasteiger partial charge is 0.483 e. The first-order valence-corrected chi connectivity index (χ1v) is 9.97. The molecule has 1 spiro atoms. The third-order valence-electron chi connectivity index (χ3n) is 5.59. The number of halogens is 1. The Bertz CT molecular complexity index is 578. The normalized spacial score (nSPS) is 21.3. The Morgan fingerprint density at radius 1 is 1.33 bits per heavy atom. The standard InChI is InChI=1S/C20H28FNO3.C2H6/c1-14(25-17(13-23)5-6-19(24)22-3)11-18(21)15(2)16-7-10-20(12-16)8-4-9-20;1-2/h11,13,16-17H,1-2,4-10,12H2,3H3,(H,22,24);1-2H3/b18-11+;. The minimum Gasteiger partial charge on any atom is -0.483 e. The topological polar surface area (TPSA) is 55.4 Å². The van der Waals surface area contributed by atoms with Crippen LogP contribution in [0.1, 0.15) is 65.2 Å². The molecule has 0 bridgehead atoms. The zero-order valence-electron chi connectivity index (χ0n) is 17.0. The number of ether oxygens (including phenoxy) is 1. The fourth-order valence-electron chi connectivity index (χ4n) is 3.85. The first-order chi connectivity index (χ1) is 12.9. The lowest BCUT2D eigenvalue weighted by Crippen LogP contribution is -2.25. The number of hydrogen-bond donors (Lipinski definition) is 1. The van der Waals surface area contributed by atoms with Gasteiger partial charge in [0.25, 0.3) is 0 Å². The van der Waals surface area contributed by atoms with E-state index < -0.39 is 11.9 Å². The maximum atomic E-state index is 14.5. The highest BCUT2D eigenvalue weighted by Gasteiger charge is 2.44. The molecule has 0 aromatic heterocycles. The van der Waals surface area contributed by atoms with Crippen molar-refractivity contribution >= 4 is 12.2 Å². The summed E-state index contributed by atoms with van der Waals surface area (Å²) in [6.07, 6.45) is 8.33. The number of hydrogen-bond acceptors (Lipinski definition) is 3. The Kier molecular flexibility index (Phi) is 9.47. The second kappa shape index (κ2) is 11.1. The number of nitrogens with one attached hydrogen (secondary N) is 1. The van der Waals surface area contributed by atoms with Gasteiger partial charge in [0.05, 0.1) is 0 Å². The highest BCUT2D eigenvalue weighted by atomic mass is 19.1. The molecular formula is C22H34FNO3. The molecule has 2 aliphatic rings. The fraction of sp³-hybridized carbons (Fsp3) is 0.636. The van der Waals surface area contributed by atoms with Crippen LogP contribution in [0.5, 0.6) is 0 Å². The fourth-order valence-corrected chi connectivity index (χ4v) is 3.85. The summed E-state index contributed by atoms with van der Waals surface area (Å²) >= 11 is 0. The summed E-state index contributed by atoms with van der Waals surface area (Å²) in [7, 11) is 1.53. The molecule has 0 aromatic rings. The average Bonchev–Trinajstić information content (AvgIpc) is 3.11. The van der Waals surface area contributed by atoms with Gasteiger partial charge in [-0.2, -0.15) is 0 Å². The lowest BCUT2D eigenvalue weighted by Gasteiger charge is -2.38. The summed E-state index contributed by atoms with van der Waals surface area (Å²) in [6.45, 7) is 11.6. The minimum atomic E-state index is -0.813. The summed E-state index contributed by atoms with van der Waals surface area (Å²) in [5.74, 6) is -0.354. The Labute approximate surface area is 162 Å². The number of carbonyl (C=O) groups is 2. The number of carbonyl (C=O) groups excluding carboxylic acids is 2. The molecule has 4 nitrogen and oxygen atoms in total. The zero-order valence-corrected chi connectivity index (χ0v) is 17.0. The second-order valence-corrected chi connectivity index (χ2v) is 7.28. The number of rotatable bonds is 9. The summed E-state index contributed by atoms with van der Waals surface area (Å²) in [5, 5.41) is 2.48. The van der Waals surface area contributed by atoms with Crippen molar-refractivity contribution in [3.63, 3.8) is 0 Å². The van der Waals surface area contributed by atoms with E-state index in [1.807, 2.05) is 13.8 Å². The molecule has 2 saturated carbocycles. The van der Waals surface area contributed by atoms with Gasteiger partial charge in [0.15, 0.2) is 12.4 Å². The van der Waals surface area contributed by atoms with Crippen molar-refractivity contribution < 1.29 is 18.7 Å². The van der Waals surface area contributed by atoms with Crippen molar-refractivity contribution in [2.24, 2.45) is 11.3 Å². The van der Waals surface area contributed by atoms with Crippen LogP contribution in [-0.2, 0) is 14.3 Å². The molecule has 0 saturated heterocycles. The molecule has 0 radical (unpaired) electrons.